The number of likely N-dealkylation sites (N-methyl/N-ethyl adjacent to an activating group) is 1. The van der Waals surface area contributed by atoms with Crippen LogP contribution in [0.15, 0.2) is 48.6 Å². The minimum Gasteiger partial charge on any atom is -0.496 e. The van der Waals surface area contributed by atoms with Crippen molar-refractivity contribution in [3.8, 4) is 5.75 Å². The average molecular weight is 909 g/mol. The molecular formula is C51H68N6O9. The van der Waals surface area contributed by atoms with Gasteiger partial charge in [0.15, 0.2) is 6.10 Å². The molecule has 4 N–H and O–H groups in total. The summed E-state index contributed by atoms with van der Waals surface area (Å²) in [5.74, 6) is -1.58. The second-order valence-corrected chi connectivity index (χ2v) is 20.0. The van der Waals surface area contributed by atoms with Crippen LogP contribution >= 0.6 is 0 Å². The summed E-state index contributed by atoms with van der Waals surface area (Å²) in [4.78, 5) is 67.4. The Hall–Kier alpha value is -5.12. The molecule has 2 aromatic carbocycles. The van der Waals surface area contributed by atoms with Crippen molar-refractivity contribution in [3.05, 3.63) is 70.9 Å². The van der Waals surface area contributed by atoms with Crippen molar-refractivity contribution >= 4 is 40.5 Å². The molecule has 3 fully saturated rings. The summed E-state index contributed by atoms with van der Waals surface area (Å²) in [5, 5.41) is 21.0. The Morgan fingerprint density at radius 1 is 0.955 bits per heavy atom. The number of benzene rings is 2. The van der Waals surface area contributed by atoms with E-state index in [2.05, 4.69) is 63.5 Å². The van der Waals surface area contributed by atoms with E-state index in [1.807, 2.05) is 43.1 Å². The van der Waals surface area contributed by atoms with Crippen LogP contribution in [0.2, 0.25) is 0 Å². The standard InChI is InChI=1S/C51H68N6O9/c1-9-12-21-52-46(61)54-47(10-2)27-32-28-50(44(59)64-7,40-34(18-23-56(29-32)30-47)33-16-13-14-17-37(33)53-40)36-25-35-38(26-39(36)63-6)55(5)42-49(35)20-24-57-22-15-19-48(11-3,41(49)57)43(66-31(4)58)51(42,62)45(60)65-8/h13-17,19,25-26,32,41-43,53,62H,9-12,18,20-24,27-30H2,1-8H3,(H2,52,54,61)/t32-,41+,42-,43-,47+,48-,49-,50+,51+/m1/s1. The fourth-order valence-corrected chi connectivity index (χ4v) is 14.4. The Balaban J connectivity index is 1.30. The summed E-state index contributed by atoms with van der Waals surface area (Å²) in [6.45, 7) is 11.5. The molecule has 1 unspecified atom stereocenters. The third kappa shape index (κ3) is 6.45. The van der Waals surface area contributed by atoms with Crippen LogP contribution in [-0.4, -0.2) is 141 Å². The molecule has 10 atom stereocenters. The van der Waals surface area contributed by atoms with Gasteiger partial charge < -0.3 is 49.5 Å². The van der Waals surface area contributed by atoms with E-state index in [9.17, 15) is 19.5 Å². The van der Waals surface area contributed by atoms with Gasteiger partial charge in [-0.2, -0.15) is 0 Å². The lowest BCUT2D eigenvalue weighted by molar-refractivity contribution is -0.228. The first kappa shape index (κ1) is 46.0. The van der Waals surface area contributed by atoms with Crippen LogP contribution in [0, 0.1) is 11.3 Å². The van der Waals surface area contributed by atoms with Gasteiger partial charge in [-0.3, -0.25) is 14.5 Å². The van der Waals surface area contributed by atoms with Crippen LogP contribution in [0.5, 0.6) is 5.75 Å². The smallest absolute Gasteiger partial charge is 0.344 e. The molecule has 66 heavy (non-hydrogen) atoms. The van der Waals surface area contributed by atoms with Crippen molar-refractivity contribution < 1.29 is 43.2 Å². The van der Waals surface area contributed by atoms with E-state index in [1.54, 1.807) is 7.11 Å². The average Bonchev–Trinajstić information content (AvgIpc) is 3.98. The Morgan fingerprint density at radius 2 is 1.73 bits per heavy atom. The Morgan fingerprint density at radius 3 is 2.42 bits per heavy atom. The third-order valence-corrected chi connectivity index (χ3v) is 16.8. The lowest BCUT2D eigenvalue weighted by Crippen LogP contribution is -2.81. The van der Waals surface area contributed by atoms with Crippen LogP contribution in [0.1, 0.15) is 95.0 Å². The number of ether oxygens (including phenoxy) is 4. The van der Waals surface area contributed by atoms with Gasteiger partial charge in [0, 0.05) is 97.5 Å². The second kappa shape index (κ2) is 16.9. The van der Waals surface area contributed by atoms with Gasteiger partial charge in [-0.25, -0.2) is 9.59 Å². The van der Waals surface area contributed by atoms with E-state index >= 15 is 4.79 Å². The van der Waals surface area contributed by atoms with E-state index in [-0.39, 0.29) is 18.0 Å². The van der Waals surface area contributed by atoms with Crippen LogP contribution in [-0.2, 0) is 45.8 Å². The molecule has 2 bridgehead atoms. The molecule has 2 amide bonds. The summed E-state index contributed by atoms with van der Waals surface area (Å²) < 4.78 is 24.2. The number of H-pyrrole nitrogens is 1. The SMILES string of the molecule is CCCCNC(=O)N[C@@]1(CC)C[C@H]2CN(CCc3c([nH]c4ccccc34)[C@@](C(=O)OC)(c3cc4c(cc3OC)N(C)[C@H]3[C@@](O)(C(=O)OC)[C@H](OC(C)=O)[C@]5(CC)C=CCN6CC[C@]43[C@@H]65)C2)C1. The van der Waals surface area contributed by atoms with Gasteiger partial charge in [-0.1, -0.05) is 57.5 Å². The summed E-state index contributed by atoms with van der Waals surface area (Å²) in [6.07, 6.45) is 7.98. The van der Waals surface area contributed by atoms with Crippen LogP contribution in [0.25, 0.3) is 10.9 Å². The summed E-state index contributed by atoms with van der Waals surface area (Å²) in [5.41, 5.74) is -1.39. The number of rotatable bonds is 11. The molecule has 0 radical (unpaired) electrons. The Bertz CT molecular complexity index is 2460. The molecule has 6 aliphatic rings. The number of esters is 3. The van der Waals surface area contributed by atoms with E-state index in [4.69, 9.17) is 18.9 Å². The fourth-order valence-electron chi connectivity index (χ4n) is 14.4. The normalized spacial score (nSPS) is 34.1. The van der Waals surface area contributed by atoms with Crippen LogP contribution < -0.4 is 20.3 Å². The molecule has 1 spiro atoms. The number of unbranched alkanes of at least 4 members (excludes halogenated alkanes) is 1. The molecule has 15 nitrogen and oxygen atoms in total. The van der Waals surface area contributed by atoms with Gasteiger partial charge in [0.1, 0.15) is 11.2 Å². The van der Waals surface area contributed by atoms with Crippen molar-refractivity contribution in [1.29, 1.82) is 0 Å². The van der Waals surface area contributed by atoms with Crippen molar-refractivity contribution in [1.82, 2.24) is 25.4 Å². The third-order valence-electron chi connectivity index (χ3n) is 16.8. The number of aromatic nitrogens is 1. The number of fused-ring (bicyclic) bond motifs is 6. The highest BCUT2D eigenvalue weighted by Crippen LogP contribution is 2.68. The molecule has 2 saturated heterocycles. The number of urea groups is 1. The predicted octanol–water partition coefficient (Wildman–Crippen LogP) is 5.10. The maximum absolute atomic E-state index is 15.6. The first-order chi connectivity index (χ1) is 31.7. The number of amides is 2. The zero-order chi connectivity index (χ0) is 47.0. The molecule has 15 heteroatoms. The highest BCUT2D eigenvalue weighted by Gasteiger charge is 2.80. The largest absolute Gasteiger partial charge is 0.496 e. The fraction of sp³-hybridized carbons (Fsp3) is 0.608. The number of anilines is 1. The molecule has 3 aromatic rings. The number of methoxy groups -OCH3 is 3. The molecule has 1 aromatic heterocycles. The minimum atomic E-state index is -2.32. The van der Waals surface area contributed by atoms with Crippen LogP contribution in [0.3, 0.4) is 0 Å². The highest BCUT2D eigenvalue weighted by atomic mass is 16.6. The van der Waals surface area contributed by atoms with Gasteiger partial charge in [-0.05, 0) is 80.7 Å². The zero-order valence-electron chi connectivity index (χ0n) is 39.9. The van der Waals surface area contributed by atoms with E-state index in [0.29, 0.717) is 89.1 Å². The number of aliphatic hydroxyl groups is 1. The number of nitrogens with zero attached hydrogens (tertiary/aromatic N) is 3. The van der Waals surface area contributed by atoms with E-state index in [1.165, 1.54) is 21.1 Å². The summed E-state index contributed by atoms with van der Waals surface area (Å²) in [7, 11) is 6.18. The molecule has 356 valence electrons. The van der Waals surface area contributed by atoms with Gasteiger partial charge in [0.2, 0.25) is 5.60 Å². The van der Waals surface area contributed by atoms with Gasteiger partial charge >= 0.3 is 23.9 Å². The summed E-state index contributed by atoms with van der Waals surface area (Å²) >= 11 is 0. The number of hydrogen-bond acceptors (Lipinski definition) is 12. The molecule has 6 heterocycles. The molecule has 1 saturated carbocycles. The lowest BCUT2D eigenvalue weighted by Gasteiger charge is -2.63. The van der Waals surface area contributed by atoms with Crippen molar-refractivity contribution in [3.63, 3.8) is 0 Å². The quantitative estimate of drug-likeness (QED) is 0.0870. The summed E-state index contributed by atoms with van der Waals surface area (Å²) in [6, 6.07) is 10.8. The number of nitrogens with one attached hydrogen (secondary N) is 3. The van der Waals surface area contributed by atoms with Crippen molar-refractivity contribution in [2.24, 2.45) is 11.3 Å². The Labute approximate surface area is 387 Å². The Kier molecular flexibility index (Phi) is 11.8. The van der Waals surface area contributed by atoms with E-state index in [0.717, 1.165) is 46.3 Å². The first-order valence-electron chi connectivity index (χ1n) is 24.0. The maximum atomic E-state index is 15.6. The number of carbonyl (C=O) groups excluding carboxylic acids is 4. The first-order valence-corrected chi connectivity index (χ1v) is 24.0. The monoisotopic (exact) mass is 909 g/mol. The maximum Gasteiger partial charge on any atom is 0.344 e. The van der Waals surface area contributed by atoms with Gasteiger partial charge in [0.25, 0.3) is 0 Å². The second-order valence-electron chi connectivity index (χ2n) is 20.0. The lowest BCUT2D eigenvalue weighted by atomic mass is 9.47. The van der Waals surface area contributed by atoms with E-state index < -0.39 is 57.4 Å². The van der Waals surface area contributed by atoms with Crippen molar-refractivity contribution in [2.75, 3.05) is 72.5 Å². The predicted molar refractivity (Wildman–Crippen MR) is 250 cm³/mol. The number of para-hydroxylation sites is 1. The highest BCUT2D eigenvalue weighted by molar-refractivity contribution is 5.95. The van der Waals surface area contributed by atoms with Gasteiger partial charge in [0.05, 0.1) is 32.9 Å². The molecule has 9 rings (SSSR count). The van der Waals surface area contributed by atoms with Crippen molar-refractivity contribution in [2.45, 2.75) is 119 Å². The number of hydrogen-bond donors (Lipinski definition) is 4. The molecular weight excluding hydrogens is 841 g/mol. The number of carbonyl (C=O) groups is 4. The molecule has 5 aliphatic heterocycles. The minimum absolute atomic E-state index is 0.0978. The topological polar surface area (TPSA) is 175 Å². The number of piperidine rings is 1. The molecule has 1 aliphatic carbocycles. The van der Waals surface area contributed by atoms with Gasteiger partial charge in [-0.15, -0.1) is 0 Å². The zero-order valence-corrected chi connectivity index (χ0v) is 39.9. The van der Waals surface area contributed by atoms with Crippen LogP contribution in [0.4, 0.5) is 10.5 Å². The number of aromatic amines is 1.